The summed E-state index contributed by atoms with van der Waals surface area (Å²) in [6, 6.07) is 16.2. The Morgan fingerprint density at radius 3 is 2.59 bits per heavy atom. The van der Waals surface area contributed by atoms with Crippen molar-refractivity contribution < 1.29 is 23.5 Å². The molecule has 0 aliphatic rings. The molecule has 1 heterocycles. The smallest absolute Gasteiger partial charge is 0.258 e. The average Bonchev–Trinajstić information content (AvgIpc) is 3.17. The van der Waals surface area contributed by atoms with Gasteiger partial charge < -0.3 is 24.5 Å². The first-order chi connectivity index (χ1) is 14.1. The molecule has 0 bridgehead atoms. The van der Waals surface area contributed by atoms with Crippen molar-refractivity contribution in [3.8, 4) is 11.5 Å². The Kier molecular flexibility index (Phi) is 6.73. The van der Waals surface area contributed by atoms with Gasteiger partial charge in [-0.3, -0.25) is 9.59 Å². The minimum absolute atomic E-state index is 0.147. The van der Waals surface area contributed by atoms with E-state index in [9.17, 15) is 9.59 Å². The van der Waals surface area contributed by atoms with E-state index in [0.717, 1.165) is 5.39 Å². The predicted molar refractivity (Wildman–Crippen MR) is 109 cm³/mol. The topological polar surface area (TPSA) is 89.8 Å². The number of carbonyl (C=O) groups excluding carboxylic acids is 2. The summed E-state index contributed by atoms with van der Waals surface area (Å²) in [5.74, 6) is 1.18. The van der Waals surface area contributed by atoms with E-state index < -0.39 is 0 Å². The molecule has 0 saturated heterocycles. The third-order valence-electron chi connectivity index (χ3n) is 4.19. The minimum atomic E-state index is -0.373. The van der Waals surface area contributed by atoms with Gasteiger partial charge in [0.1, 0.15) is 11.5 Å². The van der Waals surface area contributed by atoms with Crippen molar-refractivity contribution in [3.63, 3.8) is 0 Å². The summed E-state index contributed by atoms with van der Waals surface area (Å²) in [5, 5.41) is 6.25. The summed E-state index contributed by atoms with van der Waals surface area (Å²) in [7, 11) is 0. The summed E-state index contributed by atoms with van der Waals surface area (Å²) in [5.41, 5.74) is 0.650. The first-order valence-corrected chi connectivity index (χ1v) is 9.46. The van der Waals surface area contributed by atoms with Crippen LogP contribution < -0.4 is 20.1 Å². The van der Waals surface area contributed by atoms with Crippen molar-refractivity contribution in [2.75, 3.05) is 19.8 Å². The van der Waals surface area contributed by atoms with Crippen molar-refractivity contribution >= 4 is 22.8 Å². The molecule has 0 radical (unpaired) electrons. The van der Waals surface area contributed by atoms with E-state index in [4.69, 9.17) is 13.9 Å². The third kappa shape index (κ3) is 5.51. The summed E-state index contributed by atoms with van der Waals surface area (Å²) >= 11 is 0. The molecule has 1 unspecified atom stereocenters. The number of para-hydroxylation sites is 2. The molecule has 2 amide bonds. The molecule has 1 atom stereocenters. The quantitative estimate of drug-likeness (QED) is 0.580. The van der Waals surface area contributed by atoms with Crippen molar-refractivity contribution in [2.45, 2.75) is 19.9 Å². The number of rotatable bonds is 9. The lowest BCUT2D eigenvalue weighted by atomic mass is 10.2. The maximum Gasteiger partial charge on any atom is 0.258 e. The van der Waals surface area contributed by atoms with Crippen LogP contribution in [0.1, 0.15) is 25.6 Å². The van der Waals surface area contributed by atoms with E-state index in [1.807, 2.05) is 56.3 Å². The normalized spacial score (nSPS) is 11.7. The average molecular weight is 396 g/mol. The van der Waals surface area contributed by atoms with Crippen molar-refractivity contribution in [1.29, 1.82) is 0 Å². The molecule has 2 aromatic carbocycles. The lowest BCUT2D eigenvalue weighted by Crippen LogP contribution is -2.39. The molecular weight excluding hydrogens is 372 g/mol. The summed E-state index contributed by atoms with van der Waals surface area (Å²) in [4.78, 5) is 24.0. The molecule has 7 heteroatoms. The van der Waals surface area contributed by atoms with Crippen LogP contribution in [-0.4, -0.2) is 31.6 Å². The zero-order valence-electron chi connectivity index (χ0n) is 16.4. The van der Waals surface area contributed by atoms with E-state index in [2.05, 4.69) is 10.6 Å². The van der Waals surface area contributed by atoms with Crippen molar-refractivity contribution in [1.82, 2.24) is 10.6 Å². The number of hydrogen-bond donors (Lipinski definition) is 2. The Morgan fingerprint density at radius 2 is 1.83 bits per heavy atom. The molecule has 0 aliphatic carbocycles. The highest BCUT2D eigenvalue weighted by atomic mass is 16.5. The standard InChI is InChI=1S/C22H24N2O5/c1-3-27-18-11-7-8-16-12-19(29-22(16)18)15(2)24-20(25)13-23-21(26)14-28-17-9-5-4-6-10-17/h4-12,15H,3,13-14H2,1-2H3,(H,23,26)(H,24,25). The van der Waals surface area contributed by atoms with Gasteiger partial charge in [-0.05, 0) is 38.1 Å². The lowest BCUT2D eigenvalue weighted by molar-refractivity contribution is -0.127. The Labute approximate surface area is 169 Å². The van der Waals surface area contributed by atoms with Gasteiger partial charge in [-0.15, -0.1) is 0 Å². The zero-order valence-corrected chi connectivity index (χ0v) is 16.4. The van der Waals surface area contributed by atoms with Crippen molar-refractivity contribution in [3.05, 3.63) is 60.4 Å². The number of carbonyl (C=O) groups is 2. The second kappa shape index (κ2) is 9.64. The summed E-state index contributed by atoms with van der Waals surface area (Å²) < 4.78 is 16.8. The fourth-order valence-corrected chi connectivity index (χ4v) is 2.80. The number of benzene rings is 2. The van der Waals surface area contributed by atoms with Crippen LogP contribution in [0.5, 0.6) is 11.5 Å². The molecule has 0 saturated carbocycles. The van der Waals surface area contributed by atoms with Gasteiger partial charge in [-0.1, -0.05) is 30.3 Å². The van der Waals surface area contributed by atoms with Crippen LogP contribution in [-0.2, 0) is 9.59 Å². The Balaban J connectivity index is 1.49. The monoisotopic (exact) mass is 396 g/mol. The molecule has 3 rings (SSSR count). The SMILES string of the molecule is CCOc1cccc2cc(C(C)NC(=O)CNC(=O)COc3ccccc3)oc12. The van der Waals surface area contributed by atoms with Gasteiger partial charge in [0.15, 0.2) is 17.9 Å². The second-order valence-corrected chi connectivity index (χ2v) is 6.42. The van der Waals surface area contributed by atoms with E-state index >= 15 is 0 Å². The first kappa shape index (κ1) is 20.3. The van der Waals surface area contributed by atoms with Gasteiger partial charge >= 0.3 is 0 Å². The highest BCUT2D eigenvalue weighted by molar-refractivity contribution is 5.86. The van der Waals surface area contributed by atoms with Gasteiger partial charge in [0.2, 0.25) is 5.91 Å². The maximum atomic E-state index is 12.2. The van der Waals surface area contributed by atoms with Crippen LogP contribution in [0.2, 0.25) is 0 Å². The third-order valence-corrected chi connectivity index (χ3v) is 4.19. The molecule has 7 nitrogen and oxygen atoms in total. The number of hydrogen-bond acceptors (Lipinski definition) is 5. The molecule has 0 fully saturated rings. The predicted octanol–water partition coefficient (Wildman–Crippen LogP) is 3.20. The fourth-order valence-electron chi connectivity index (χ4n) is 2.80. The van der Waals surface area contributed by atoms with Gasteiger partial charge in [0.05, 0.1) is 19.2 Å². The molecule has 1 aromatic heterocycles. The van der Waals surface area contributed by atoms with Gasteiger partial charge in [-0.25, -0.2) is 0 Å². The minimum Gasteiger partial charge on any atom is -0.490 e. The van der Waals surface area contributed by atoms with Gasteiger partial charge in [0.25, 0.3) is 5.91 Å². The van der Waals surface area contributed by atoms with Gasteiger partial charge in [-0.2, -0.15) is 0 Å². The second-order valence-electron chi connectivity index (χ2n) is 6.42. The molecule has 152 valence electrons. The van der Waals surface area contributed by atoms with Crippen LogP contribution in [0.3, 0.4) is 0 Å². The summed E-state index contributed by atoms with van der Waals surface area (Å²) in [6.45, 7) is 3.96. The van der Waals surface area contributed by atoms with Gasteiger partial charge in [0, 0.05) is 5.39 Å². The number of furan rings is 1. The largest absolute Gasteiger partial charge is 0.490 e. The number of amides is 2. The fraction of sp³-hybridized carbons (Fsp3) is 0.273. The van der Waals surface area contributed by atoms with Crippen LogP contribution >= 0.6 is 0 Å². The molecule has 0 aliphatic heterocycles. The molecular formula is C22H24N2O5. The Morgan fingerprint density at radius 1 is 1.03 bits per heavy atom. The van der Waals surface area contributed by atoms with Crippen LogP contribution in [0.15, 0.2) is 59.0 Å². The zero-order chi connectivity index (χ0) is 20.6. The summed E-state index contributed by atoms with van der Waals surface area (Å²) in [6.07, 6.45) is 0. The molecule has 0 spiro atoms. The van der Waals surface area contributed by atoms with Crippen LogP contribution in [0, 0.1) is 0 Å². The molecule has 29 heavy (non-hydrogen) atoms. The lowest BCUT2D eigenvalue weighted by Gasteiger charge is -2.12. The highest BCUT2D eigenvalue weighted by Crippen LogP contribution is 2.31. The van der Waals surface area contributed by atoms with E-state index in [0.29, 0.717) is 29.4 Å². The Bertz CT molecular complexity index is 968. The first-order valence-electron chi connectivity index (χ1n) is 9.46. The number of ether oxygens (including phenoxy) is 2. The highest BCUT2D eigenvalue weighted by Gasteiger charge is 2.16. The number of fused-ring (bicyclic) bond motifs is 1. The Hall–Kier alpha value is -3.48. The maximum absolute atomic E-state index is 12.2. The van der Waals surface area contributed by atoms with Crippen LogP contribution in [0.25, 0.3) is 11.0 Å². The number of nitrogens with one attached hydrogen (secondary N) is 2. The molecule has 3 aromatic rings. The van der Waals surface area contributed by atoms with E-state index in [1.165, 1.54) is 0 Å². The van der Waals surface area contributed by atoms with E-state index in [-0.39, 0.29) is 31.0 Å². The molecule has 2 N–H and O–H groups in total. The van der Waals surface area contributed by atoms with Crippen LogP contribution in [0.4, 0.5) is 0 Å². The van der Waals surface area contributed by atoms with Crippen molar-refractivity contribution in [2.24, 2.45) is 0 Å². The van der Waals surface area contributed by atoms with E-state index in [1.54, 1.807) is 12.1 Å².